The maximum atomic E-state index is 12.8. The summed E-state index contributed by atoms with van der Waals surface area (Å²) in [5.41, 5.74) is 5.20. The van der Waals surface area contributed by atoms with E-state index in [1.807, 2.05) is 16.9 Å². The van der Waals surface area contributed by atoms with Crippen LogP contribution in [0.3, 0.4) is 0 Å². The number of carbonyl (C=O) groups excluding carboxylic acids is 1. The fourth-order valence-electron chi connectivity index (χ4n) is 4.12. The average molecular weight is 397 g/mol. The van der Waals surface area contributed by atoms with Crippen molar-refractivity contribution in [3.05, 3.63) is 71.2 Å². The van der Waals surface area contributed by atoms with Crippen molar-refractivity contribution in [1.82, 2.24) is 20.1 Å². The molecule has 0 saturated heterocycles. The highest BCUT2D eigenvalue weighted by Crippen LogP contribution is 2.40. The van der Waals surface area contributed by atoms with Gasteiger partial charge in [-0.2, -0.15) is 10.4 Å². The molecule has 2 aliphatic rings. The molecule has 0 bridgehead atoms. The third-order valence-corrected chi connectivity index (χ3v) is 5.91. The standard InChI is InChI=1S/C24H23N5O/c25-15-16-4-3-5-19(12-16)24(30)27-20-6-1-2-11-29-23(20)14-22(28-29)18-9-10-26-21(13-18)17-7-8-17/h3-5,9-10,12-14,17,20H,1-2,6-8,11H2,(H,27,30)/t20-/m1/s1. The van der Waals surface area contributed by atoms with Crippen LogP contribution < -0.4 is 5.32 Å². The van der Waals surface area contributed by atoms with Gasteiger partial charge in [0.15, 0.2) is 0 Å². The quantitative estimate of drug-likeness (QED) is 0.709. The van der Waals surface area contributed by atoms with Crippen molar-refractivity contribution >= 4 is 5.91 Å². The molecule has 6 heteroatoms. The molecule has 5 rings (SSSR count). The third kappa shape index (κ3) is 3.71. The number of rotatable bonds is 4. The second kappa shape index (κ2) is 7.75. The Kier molecular flexibility index (Phi) is 4.80. The molecule has 1 aliphatic heterocycles. The van der Waals surface area contributed by atoms with E-state index < -0.39 is 0 Å². The van der Waals surface area contributed by atoms with Gasteiger partial charge in [-0.05, 0) is 68.5 Å². The van der Waals surface area contributed by atoms with Gasteiger partial charge in [0, 0.05) is 35.5 Å². The van der Waals surface area contributed by atoms with Crippen molar-refractivity contribution < 1.29 is 4.79 Å². The highest BCUT2D eigenvalue weighted by molar-refractivity contribution is 5.94. The Labute approximate surface area is 175 Å². The number of aryl methyl sites for hydroxylation is 1. The van der Waals surface area contributed by atoms with Gasteiger partial charge in [0.05, 0.1) is 29.1 Å². The number of pyridine rings is 1. The van der Waals surface area contributed by atoms with E-state index in [1.165, 1.54) is 12.8 Å². The normalized spacial score (nSPS) is 18.2. The zero-order chi connectivity index (χ0) is 20.5. The number of nitrogens with one attached hydrogen (secondary N) is 1. The zero-order valence-corrected chi connectivity index (χ0v) is 16.7. The fourth-order valence-corrected chi connectivity index (χ4v) is 4.12. The van der Waals surface area contributed by atoms with E-state index in [9.17, 15) is 4.79 Å². The minimum atomic E-state index is -0.159. The summed E-state index contributed by atoms with van der Waals surface area (Å²) in [6.07, 6.45) is 7.25. The minimum Gasteiger partial charge on any atom is -0.344 e. The van der Waals surface area contributed by atoms with Crippen molar-refractivity contribution in [2.24, 2.45) is 0 Å². The first-order chi connectivity index (χ1) is 14.7. The molecule has 3 aromatic rings. The van der Waals surface area contributed by atoms with Gasteiger partial charge < -0.3 is 5.32 Å². The summed E-state index contributed by atoms with van der Waals surface area (Å²) in [7, 11) is 0. The van der Waals surface area contributed by atoms with Gasteiger partial charge in [0.1, 0.15) is 0 Å². The number of fused-ring (bicyclic) bond motifs is 1. The summed E-state index contributed by atoms with van der Waals surface area (Å²) in [6.45, 7) is 0.853. The Bertz CT molecular complexity index is 1140. The van der Waals surface area contributed by atoms with Gasteiger partial charge in [-0.3, -0.25) is 14.5 Å². The van der Waals surface area contributed by atoms with Gasteiger partial charge in [0.2, 0.25) is 0 Å². The number of aromatic nitrogens is 3. The van der Waals surface area contributed by atoms with Crippen molar-refractivity contribution in [2.45, 2.75) is 50.6 Å². The van der Waals surface area contributed by atoms with Crippen LogP contribution in [-0.4, -0.2) is 20.7 Å². The number of amides is 1. The molecule has 1 aromatic carbocycles. The van der Waals surface area contributed by atoms with Crippen LogP contribution in [0.4, 0.5) is 0 Å². The SMILES string of the molecule is N#Cc1cccc(C(=O)N[C@@H]2CCCCn3nc(-c4ccnc(C5CC5)c4)cc32)c1. The molecule has 2 aromatic heterocycles. The molecule has 3 heterocycles. The van der Waals surface area contributed by atoms with Crippen LogP contribution in [0.5, 0.6) is 0 Å². The molecule has 1 saturated carbocycles. The Hall–Kier alpha value is -3.46. The fraction of sp³-hybridized carbons (Fsp3) is 0.333. The highest BCUT2D eigenvalue weighted by atomic mass is 16.1. The number of benzene rings is 1. The molecule has 1 amide bonds. The second-order valence-electron chi connectivity index (χ2n) is 8.14. The molecular weight excluding hydrogens is 374 g/mol. The number of carbonyl (C=O) groups is 1. The first-order valence-electron chi connectivity index (χ1n) is 10.6. The predicted octanol–water partition coefficient (Wildman–Crippen LogP) is 4.35. The van der Waals surface area contributed by atoms with E-state index >= 15 is 0 Å². The molecule has 0 unspecified atom stereocenters. The highest BCUT2D eigenvalue weighted by Gasteiger charge is 2.26. The van der Waals surface area contributed by atoms with Crippen LogP contribution in [0.15, 0.2) is 48.7 Å². The smallest absolute Gasteiger partial charge is 0.251 e. The average Bonchev–Trinajstić information content (AvgIpc) is 3.58. The first kappa shape index (κ1) is 18.6. The van der Waals surface area contributed by atoms with Crippen molar-refractivity contribution in [2.75, 3.05) is 0 Å². The Morgan fingerprint density at radius 1 is 1.13 bits per heavy atom. The number of nitriles is 1. The summed E-state index contributed by atoms with van der Waals surface area (Å²) in [6, 6.07) is 15.1. The van der Waals surface area contributed by atoms with Crippen LogP contribution in [0.25, 0.3) is 11.3 Å². The van der Waals surface area contributed by atoms with Crippen LogP contribution in [-0.2, 0) is 6.54 Å². The maximum absolute atomic E-state index is 12.8. The van der Waals surface area contributed by atoms with Gasteiger partial charge in [-0.25, -0.2) is 0 Å². The summed E-state index contributed by atoms with van der Waals surface area (Å²) >= 11 is 0. The molecule has 0 radical (unpaired) electrons. The topological polar surface area (TPSA) is 83.6 Å². The summed E-state index contributed by atoms with van der Waals surface area (Å²) in [5, 5.41) is 17.1. The van der Waals surface area contributed by atoms with Gasteiger partial charge in [0.25, 0.3) is 5.91 Å². The van der Waals surface area contributed by atoms with Crippen molar-refractivity contribution in [3.63, 3.8) is 0 Å². The van der Waals surface area contributed by atoms with Crippen LogP contribution >= 0.6 is 0 Å². The van der Waals surface area contributed by atoms with Gasteiger partial charge in [-0.1, -0.05) is 6.07 Å². The van der Waals surface area contributed by atoms with Crippen molar-refractivity contribution in [3.8, 4) is 17.3 Å². The predicted molar refractivity (Wildman–Crippen MR) is 113 cm³/mol. The molecular formula is C24H23N5O. The molecule has 1 atom stereocenters. The summed E-state index contributed by atoms with van der Waals surface area (Å²) in [4.78, 5) is 17.4. The molecule has 30 heavy (non-hydrogen) atoms. The Balaban J connectivity index is 1.42. The monoisotopic (exact) mass is 397 g/mol. The lowest BCUT2D eigenvalue weighted by molar-refractivity contribution is 0.0933. The van der Waals surface area contributed by atoms with Crippen molar-refractivity contribution in [1.29, 1.82) is 5.26 Å². The molecule has 1 fully saturated rings. The van der Waals surface area contributed by atoms with Gasteiger partial charge >= 0.3 is 0 Å². The van der Waals surface area contributed by atoms with Crippen LogP contribution in [0.1, 0.15) is 71.4 Å². The van der Waals surface area contributed by atoms with E-state index in [-0.39, 0.29) is 11.9 Å². The largest absolute Gasteiger partial charge is 0.344 e. The zero-order valence-electron chi connectivity index (χ0n) is 16.7. The molecule has 150 valence electrons. The number of nitrogens with zero attached hydrogens (tertiary/aromatic N) is 4. The number of hydrogen-bond donors (Lipinski definition) is 1. The summed E-state index contributed by atoms with van der Waals surface area (Å²) < 4.78 is 2.04. The summed E-state index contributed by atoms with van der Waals surface area (Å²) in [5.74, 6) is 0.440. The first-order valence-corrected chi connectivity index (χ1v) is 10.6. The number of hydrogen-bond acceptors (Lipinski definition) is 4. The van der Waals surface area contributed by atoms with Crippen LogP contribution in [0, 0.1) is 11.3 Å². The van der Waals surface area contributed by atoms with E-state index in [2.05, 4.69) is 28.5 Å². The van der Waals surface area contributed by atoms with E-state index in [1.54, 1.807) is 24.3 Å². The Morgan fingerprint density at radius 2 is 2.03 bits per heavy atom. The molecule has 6 nitrogen and oxygen atoms in total. The third-order valence-electron chi connectivity index (χ3n) is 5.91. The van der Waals surface area contributed by atoms with Gasteiger partial charge in [-0.15, -0.1) is 0 Å². The second-order valence-corrected chi connectivity index (χ2v) is 8.14. The molecule has 0 spiro atoms. The lowest BCUT2D eigenvalue weighted by atomic mass is 10.0. The molecule has 1 N–H and O–H groups in total. The van der Waals surface area contributed by atoms with E-state index in [0.717, 1.165) is 48.5 Å². The van der Waals surface area contributed by atoms with E-state index in [0.29, 0.717) is 17.0 Å². The lowest BCUT2D eigenvalue weighted by Gasteiger charge is -2.17. The van der Waals surface area contributed by atoms with Crippen LogP contribution in [0.2, 0.25) is 0 Å². The lowest BCUT2D eigenvalue weighted by Crippen LogP contribution is -2.29. The van der Waals surface area contributed by atoms with E-state index in [4.69, 9.17) is 10.4 Å². The Morgan fingerprint density at radius 3 is 2.87 bits per heavy atom. The molecule has 1 aliphatic carbocycles. The maximum Gasteiger partial charge on any atom is 0.251 e. The minimum absolute atomic E-state index is 0.100.